The van der Waals surface area contributed by atoms with Gasteiger partial charge in [-0.3, -0.25) is 25.8 Å². The summed E-state index contributed by atoms with van der Waals surface area (Å²) in [5, 5.41) is 2.36. The highest BCUT2D eigenvalue weighted by Gasteiger charge is 2.11. The molecule has 2 aromatic rings. The Morgan fingerprint density at radius 3 is 1.88 bits per heavy atom. The van der Waals surface area contributed by atoms with Crippen molar-refractivity contribution in [3.05, 3.63) is 70.8 Å². The van der Waals surface area contributed by atoms with E-state index in [2.05, 4.69) is 20.9 Å². The number of amides is 2. The summed E-state index contributed by atoms with van der Waals surface area (Å²) in [5.41, 5.74) is 6.98. The van der Waals surface area contributed by atoms with Crippen LogP contribution in [0.3, 0.4) is 0 Å². The van der Waals surface area contributed by atoms with E-state index in [4.69, 9.17) is 12.2 Å². The molecule has 0 saturated heterocycles. The molecular weight excluding hydrogens is 354 g/mol. The predicted molar refractivity (Wildman–Crippen MR) is 99.6 cm³/mol. The molecule has 0 unspecified atom stereocenters. The molecule has 0 saturated carbocycles. The summed E-state index contributed by atoms with van der Waals surface area (Å²) in [4.78, 5) is 35.4. The lowest BCUT2D eigenvalue weighted by molar-refractivity contribution is 0.0600. The van der Waals surface area contributed by atoms with Gasteiger partial charge in [-0.15, -0.1) is 0 Å². The standard InChI is InChI=1S/C18H17N3O4S/c1-11-3-5-13(6-4-11)16(23)20-21-18(26)19-15(22)12-7-9-14(10-8-12)17(24)25-2/h3-10H,1-2H3,(H,20,23)(H2,19,21,22,26). The summed E-state index contributed by atoms with van der Waals surface area (Å²) < 4.78 is 4.59. The fraction of sp³-hybridized carbons (Fsp3) is 0.111. The van der Waals surface area contributed by atoms with Crippen LogP contribution >= 0.6 is 12.2 Å². The third-order valence-electron chi connectivity index (χ3n) is 3.40. The Morgan fingerprint density at radius 2 is 1.31 bits per heavy atom. The van der Waals surface area contributed by atoms with Gasteiger partial charge in [-0.2, -0.15) is 0 Å². The molecule has 7 nitrogen and oxygen atoms in total. The number of methoxy groups -OCH3 is 1. The van der Waals surface area contributed by atoms with Gasteiger partial charge in [0.05, 0.1) is 12.7 Å². The van der Waals surface area contributed by atoms with E-state index in [0.717, 1.165) is 5.56 Å². The van der Waals surface area contributed by atoms with Crippen LogP contribution in [0.2, 0.25) is 0 Å². The molecule has 0 fully saturated rings. The summed E-state index contributed by atoms with van der Waals surface area (Å²) in [5.74, 6) is -1.36. The van der Waals surface area contributed by atoms with Gasteiger partial charge in [-0.1, -0.05) is 17.7 Å². The maximum absolute atomic E-state index is 12.1. The van der Waals surface area contributed by atoms with E-state index in [1.165, 1.54) is 31.4 Å². The van der Waals surface area contributed by atoms with Gasteiger partial charge in [-0.25, -0.2) is 4.79 Å². The molecule has 0 aromatic heterocycles. The van der Waals surface area contributed by atoms with Gasteiger partial charge in [0.2, 0.25) is 0 Å². The number of carbonyl (C=O) groups is 3. The Bertz CT molecular complexity index is 833. The van der Waals surface area contributed by atoms with Crippen LogP contribution in [0, 0.1) is 6.92 Å². The minimum atomic E-state index is -0.493. The fourth-order valence-electron chi connectivity index (χ4n) is 1.97. The molecule has 26 heavy (non-hydrogen) atoms. The van der Waals surface area contributed by atoms with Gasteiger partial charge in [-0.05, 0) is 55.5 Å². The molecule has 0 bridgehead atoms. The maximum atomic E-state index is 12.1. The zero-order chi connectivity index (χ0) is 19.1. The molecule has 0 heterocycles. The van der Waals surface area contributed by atoms with E-state index >= 15 is 0 Å². The molecule has 8 heteroatoms. The Balaban J connectivity index is 1.87. The first kappa shape index (κ1) is 19.1. The van der Waals surface area contributed by atoms with Crippen LogP contribution in [0.15, 0.2) is 48.5 Å². The molecule has 3 N–H and O–H groups in total. The number of aryl methyl sites for hydroxylation is 1. The molecule has 0 aliphatic rings. The van der Waals surface area contributed by atoms with Crippen LogP contribution in [-0.2, 0) is 4.74 Å². The lowest BCUT2D eigenvalue weighted by atomic mass is 10.1. The fourth-order valence-corrected chi connectivity index (χ4v) is 2.12. The van der Waals surface area contributed by atoms with Crippen LogP contribution in [-0.4, -0.2) is 30.0 Å². The van der Waals surface area contributed by atoms with Crippen molar-refractivity contribution in [2.75, 3.05) is 7.11 Å². The minimum absolute atomic E-state index is 0.0625. The largest absolute Gasteiger partial charge is 0.465 e. The Hall–Kier alpha value is -3.26. The third-order valence-corrected chi connectivity index (χ3v) is 3.60. The quantitative estimate of drug-likeness (QED) is 0.432. The Morgan fingerprint density at radius 1 is 0.808 bits per heavy atom. The lowest BCUT2D eigenvalue weighted by Gasteiger charge is -2.11. The van der Waals surface area contributed by atoms with Crippen LogP contribution in [0.5, 0.6) is 0 Å². The summed E-state index contributed by atoms with van der Waals surface area (Å²) >= 11 is 4.97. The van der Waals surface area contributed by atoms with Crippen molar-refractivity contribution in [1.29, 1.82) is 0 Å². The van der Waals surface area contributed by atoms with Crippen molar-refractivity contribution in [2.24, 2.45) is 0 Å². The smallest absolute Gasteiger partial charge is 0.337 e. The number of hydrogen-bond acceptors (Lipinski definition) is 5. The van der Waals surface area contributed by atoms with E-state index in [-0.39, 0.29) is 11.0 Å². The van der Waals surface area contributed by atoms with Crippen LogP contribution in [0.1, 0.15) is 36.6 Å². The third kappa shape index (κ3) is 5.12. The highest BCUT2D eigenvalue weighted by molar-refractivity contribution is 7.80. The molecule has 0 radical (unpaired) electrons. The van der Waals surface area contributed by atoms with E-state index in [1.54, 1.807) is 12.1 Å². The van der Waals surface area contributed by atoms with Gasteiger partial charge >= 0.3 is 5.97 Å². The van der Waals surface area contributed by atoms with Gasteiger partial charge in [0.1, 0.15) is 0 Å². The van der Waals surface area contributed by atoms with Crippen molar-refractivity contribution in [3.8, 4) is 0 Å². The number of ether oxygens (including phenoxy) is 1. The molecule has 134 valence electrons. The highest BCUT2D eigenvalue weighted by Crippen LogP contribution is 2.06. The normalized spacial score (nSPS) is 9.77. The second kappa shape index (κ2) is 8.72. The zero-order valence-corrected chi connectivity index (χ0v) is 15.0. The Labute approximate surface area is 155 Å². The van der Waals surface area contributed by atoms with Crippen LogP contribution in [0.25, 0.3) is 0 Å². The molecule has 0 aliphatic carbocycles. The number of esters is 1. The monoisotopic (exact) mass is 371 g/mol. The van der Waals surface area contributed by atoms with Crippen molar-refractivity contribution in [1.82, 2.24) is 16.2 Å². The zero-order valence-electron chi connectivity index (χ0n) is 14.2. The number of benzene rings is 2. The number of rotatable bonds is 3. The number of nitrogens with one attached hydrogen (secondary N) is 3. The topological polar surface area (TPSA) is 96.5 Å². The Kier molecular flexibility index (Phi) is 6.40. The van der Waals surface area contributed by atoms with E-state index in [9.17, 15) is 14.4 Å². The van der Waals surface area contributed by atoms with E-state index < -0.39 is 11.9 Å². The molecular formula is C18H17N3O4S. The highest BCUT2D eigenvalue weighted by atomic mass is 32.1. The second-order valence-electron chi connectivity index (χ2n) is 5.30. The molecule has 2 aromatic carbocycles. The van der Waals surface area contributed by atoms with Crippen molar-refractivity contribution >= 4 is 35.1 Å². The van der Waals surface area contributed by atoms with E-state index in [0.29, 0.717) is 16.7 Å². The van der Waals surface area contributed by atoms with Crippen molar-refractivity contribution < 1.29 is 19.1 Å². The second-order valence-corrected chi connectivity index (χ2v) is 5.71. The lowest BCUT2D eigenvalue weighted by Crippen LogP contribution is -2.48. The molecule has 2 rings (SSSR count). The number of hydrogen-bond donors (Lipinski definition) is 3. The number of hydrazine groups is 1. The van der Waals surface area contributed by atoms with Gasteiger partial charge in [0, 0.05) is 11.1 Å². The average molecular weight is 371 g/mol. The molecule has 2 amide bonds. The first-order valence-corrected chi connectivity index (χ1v) is 7.98. The average Bonchev–Trinajstić information content (AvgIpc) is 2.66. The number of thiocarbonyl (C=S) groups is 1. The van der Waals surface area contributed by atoms with E-state index in [1.807, 2.05) is 19.1 Å². The van der Waals surface area contributed by atoms with Gasteiger partial charge < -0.3 is 4.74 Å². The van der Waals surface area contributed by atoms with Crippen molar-refractivity contribution in [3.63, 3.8) is 0 Å². The van der Waals surface area contributed by atoms with Crippen LogP contribution < -0.4 is 16.2 Å². The van der Waals surface area contributed by atoms with Crippen molar-refractivity contribution in [2.45, 2.75) is 6.92 Å². The molecule has 0 spiro atoms. The van der Waals surface area contributed by atoms with Crippen LogP contribution in [0.4, 0.5) is 0 Å². The maximum Gasteiger partial charge on any atom is 0.337 e. The predicted octanol–water partition coefficient (Wildman–Crippen LogP) is 1.73. The first-order chi connectivity index (χ1) is 12.4. The van der Waals surface area contributed by atoms with Gasteiger partial charge in [0.25, 0.3) is 11.8 Å². The SMILES string of the molecule is COC(=O)c1ccc(C(=O)NC(=S)NNC(=O)c2ccc(C)cc2)cc1. The minimum Gasteiger partial charge on any atom is -0.465 e. The first-order valence-electron chi connectivity index (χ1n) is 7.57. The summed E-state index contributed by atoms with van der Waals surface area (Å²) in [6.07, 6.45) is 0. The molecule has 0 atom stereocenters. The summed E-state index contributed by atoms with van der Waals surface area (Å²) in [7, 11) is 1.28. The molecule has 0 aliphatic heterocycles. The summed E-state index contributed by atoms with van der Waals surface area (Å²) in [6, 6.07) is 12.9. The summed E-state index contributed by atoms with van der Waals surface area (Å²) in [6.45, 7) is 1.92. The van der Waals surface area contributed by atoms with Gasteiger partial charge in [0.15, 0.2) is 5.11 Å². The number of carbonyl (C=O) groups excluding carboxylic acids is 3.